The standard InChI is InChI=1S/C19H24N2O2/c1-15(14-22)21-19(23)20-13-18(17-10-6-3-7-11-17)12-16-8-4-2-5-9-16/h2-11,15,18,22H,12-14H2,1H3,(H2,20,21,23)/t15-,18?/m0/s1. The van der Waals surface area contributed by atoms with Crippen molar-refractivity contribution in [2.45, 2.75) is 25.3 Å². The zero-order valence-corrected chi connectivity index (χ0v) is 13.4. The molecular formula is C19H24N2O2. The van der Waals surface area contributed by atoms with Crippen molar-refractivity contribution in [3.8, 4) is 0 Å². The largest absolute Gasteiger partial charge is 0.394 e. The molecule has 0 bridgehead atoms. The van der Waals surface area contributed by atoms with Crippen molar-refractivity contribution in [2.24, 2.45) is 0 Å². The number of aliphatic hydroxyl groups is 1. The van der Waals surface area contributed by atoms with E-state index in [9.17, 15) is 4.79 Å². The quantitative estimate of drug-likeness (QED) is 0.736. The third kappa shape index (κ3) is 5.75. The Morgan fingerprint density at radius 1 is 1.04 bits per heavy atom. The monoisotopic (exact) mass is 312 g/mol. The summed E-state index contributed by atoms with van der Waals surface area (Å²) in [4.78, 5) is 11.9. The van der Waals surface area contributed by atoms with Crippen LogP contribution in [0.15, 0.2) is 60.7 Å². The number of amides is 2. The van der Waals surface area contributed by atoms with Gasteiger partial charge in [-0.2, -0.15) is 0 Å². The van der Waals surface area contributed by atoms with E-state index in [2.05, 4.69) is 34.9 Å². The lowest BCUT2D eigenvalue weighted by molar-refractivity contribution is 0.220. The molecule has 0 saturated carbocycles. The van der Waals surface area contributed by atoms with Crippen molar-refractivity contribution in [3.63, 3.8) is 0 Å². The van der Waals surface area contributed by atoms with Gasteiger partial charge in [-0.05, 0) is 24.5 Å². The lowest BCUT2D eigenvalue weighted by Crippen LogP contribution is -2.43. The van der Waals surface area contributed by atoms with E-state index in [1.165, 1.54) is 11.1 Å². The first-order valence-corrected chi connectivity index (χ1v) is 7.93. The summed E-state index contributed by atoms with van der Waals surface area (Å²) in [6.45, 7) is 2.24. The fourth-order valence-corrected chi connectivity index (χ4v) is 2.47. The summed E-state index contributed by atoms with van der Waals surface area (Å²) in [5, 5.41) is 14.6. The zero-order valence-electron chi connectivity index (χ0n) is 13.4. The highest BCUT2D eigenvalue weighted by Gasteiger charge is 2.14. The van der Waals surface area contributed by atoms with Crippen molar-refractivity contribution in [1.82, 2.24) is 10.6 Å². The van der Waals surface area contributed by atoms with Crippen LogP contribution in [0.4, 0.5) is 4.79 Å². The van der Waals surface area contributed by atoms with Crippen molar-refractivity contribution in [1.29, 1.82) is 0 Å². The molecule has 2 atom stereocenters. The molecule has 4 heteroatoms. The van der Waals surface area contributed by atoms with Crippen LogP contribution in [0.5, 0.6) is 0 Å². The number of urea groups is 1. The molecule has 2 rings (SSSR count). The summed E-state index contributed by atoms with van der Waals surface area (Å²) in [5.41, 5.74) is 2.44. The molecule has 23 heavy (non-hydrogen) atoms. The van der Waals surface area contributed by atoms with Gasteiger partial charge in [0.1, 0.15) is 0 Å². The number of carbonyl (C=O) groups is 1. The molecule has 2 amide bonds. The second-order valence-electron chi connectivity index (χ2n) is 5.74. The molecule has 122 valence electrons. The van der Waals surface area contributed by atoms with Gasteiger partial charge in [0, 0.05) is 12.5 Å². The summed E-state index contributed by atoms with van der Waals surface area (Å²) in [5.74, 6) is 0.203. The molecule has 0 radical (unpaired) electrons. The van der Waals surface area contributed by atoms with Gasteiger partial charge in [0.25, 0.3) is 0 Å². The van der Waals surface area contributed by atoms with Gasteiger partial charge in [-0.15, -0.1) is 0 Å². The smallest absolute Gasteiger partial charge is 0.315 e. The Balaban J connectivity index is 2.01. The summed E-state index contributed by atoms with van der Waals surface area (Å²) < 4.78 is 0. The molecule has 1 unspecified atom stereocenters. The molecule has 2 aromatic rings. The van der Waals surface area contributed by atoms with Crippen LogP contribution in [0.25, 0.3) is 0 Å². The van der Waals surface area contributed by atoms with Gasteiger partial charge in [-0.25, -0.2) is 4.79 Å². The number of nitrogens with one attached hydrogen (secondary N) is 2. The number of hydrogen-bond acceptors (Lipinski definition) is 2. The SMILES string of the molecule is C[C@@H](CO)NC(=O)NCC(Cc1ccccc1)c1ccccc1. The second kappa shape index (κ2) is 8.96. The van der Waals surface area contributed by atoms with Crippen LogP contribution in [-0.2, 0) is 6.42 Å². The van der Waals surface area contributed by atoms with E-state index in [1.807, 2.05) is 36.4 Å². The van der Waals surface area contributed by atoms with Crippen molar-refractivity contribution >= 4 is 6.03 Å². The van der Waals surface area contributed by atoms with E-state index in [0.717, 1.165) is 6.42 Å². The Morgan fingerprint density at radius 3 is 2.26 bits per heavy atom. The Bertz CT molecular complexity index is 587. The summed E-state index contributed by atoms with van der Waals surface area (Å²) >= 11 is 0. The molecule has 3 N–H and O–H groups in total. The van der Waals surface area contributed by atoms with Gasteiger partial charge in [-0.1, -0.05) is 60.7 Å². The van der Waals surface area contributed by atoms with Crippen LogP contribution in [0.1, 0.15) is 24.0 Å². The van der Waals surface area contributed by atoms with Crippen LogP contribution in [0.3, 0.4) is 0 Å². The minimum atomic E-state index is -0.251. The van der Waals surface area contributed by atoms with E-state index in [1.54, 1.807) is 6.92 Å². The summed E-state index contributed by atoms with van der Waals surface area (Å²) in [6.07, 6.45) is 0.862. The molecule has 0 aliphatic carbocycles. The van der Waals surface area contributed by atoms with Crippen LogP contribution < -0.4 is 10.6 Å². The average Bonchev–Trinajstić information content (AvgIpc) is 2.60. The maximum absolute atomic E-state index is 11.9. The molecule has 4 nitrogen and oxygen atoms in total. The van der Waals surface area contributed by atoms with E-state index in [4.69, 9.17) is 5.11 Å². The Morgan fingerprint density at radius 2 is 1.65 bits per heavy atom. The lowest BCUT2D eigenvalue weighted by atomic mass is 9.92. The van der Waals surface area contributed by atoms with E-state index >= 15 is 0 Å². The number of benzene rings is 2. The number of carbonyl (C=O) groups excluding carboxylic acids is 1. The minimum absolute atomic E-state index is 0.0699. The maximum Gasteiger partial charge on any atom is 0.315 e. The third-order valence-corrected chi connectivity index (χ3v) is 3.76. The Labute approximate surface area is 137 Å². The van der Waals surface area contributed by atoms with E-state index < -0.39 is 0 Å². The fourth-order valence-electron chi connectivity index (χ4n) is 2.47. The predicted octanol–water partition coefficient (Wildman–Crippen LogP) is 2.69. The Hall–Kier alpha value is -2.33. The van der Waals surface area contributed by atoms with Crippen LogP contribution in [0.2, 0.25) is 0 Å². The molecule has 0 saturated heterocycles. The van der Waals surface area contributed by atoms with Crippen LogP contribution in [0, 0.1) is 0 Å². The first-order valence-electron chi connectivity index (χ1n) is 7.93. The highest BCUT2D eigenvalue weighted by Crippen LogP contribution is 2.20. The molecule has 0 spiro atoms. The fraction of sp³-hybridized carbons (Fsp3) is 0.316. The van der Waals surface area contributed by atoms with Gasteiger partial charge < -0.3 is 15.7 Å². The molecule has 0 aromatic heterocycles. The van der Waals surface area contributed by atoms with Gasteiger partial charge >= 0.3 is 6.03 Å². The molecule has 2 aromatic carbocycles. The third-order valence-electron chi connectivity index (χ3n) is 3.76. The predicted molar refractivity (Wildman–Crippen MR) is 92.4 cm³/mol. The second-order valence-corrected chi connectivity index (χ2v) is 5.74. The average molecular weight is 312 g/mol. The molecule has 0 aliphatic rings. The van der Waals surface area contributed by atoms with Gasteiger partial charge in [-0.3, -0.25) is 0 Å². The first-order chi connectivity index (χ1) is 11.2. The molecule has 0 heterocycles. The van der Waals surface area contributed by atoms with E-state index in [0.29, 0.717) is 6.54 Å². The van der Waals surface area contributed by atoms with Gasteiger partial charge in [0.2, 0.25) is 0 Å². The number of aliphatic hydroxyl groups excluding tert-OH is 1. The lowest BCUT2D eigenvalue weighted by Gasteiger charge is -2.19. The van der Waals surface area contributed by atoms with Crippen LogP contribution >= 0.6 is 0 Å². The Kier molecular flexibility index (Phi) is 6.63. The first kappa shape index (κ1) is 17.0. The highest BCUT2D eigenvalue weighted by molar-refractivity contribution is 5.74. The summed E-state index contributed by atoms with van der Waals surface area (Å²) in [6, 6.07) is 20.0. The van der Waals surface area contributed by atoms with Crippen LogP contribution in [-0.4, -0.2) is 30.3 Å². The highest BCUT2D eigenvalue weighted by atomic mass is 16.3. The van der Waals surface area contributed by atoms with E-state index in [-0.39, 0.29) is 24.6 Å². The maximum atomic E-state index is 11.9. The topological polar surface area (TPSA) is 61.4 Å². The normalized spacial score (nSPS) is 13.1. The molecule has 0 aliphatic heterocycles. The molecule has 0 fully saturated rings. The molecular weight excluding hydrogens is 288 g/mol. The number of rotatable bonds is 7. The van der Waals surface area contributed by atoms with Crippen molar-refractivity contribution in [3.05, 3.63) is 71.8 Å². The van der Waals surface area contributed by atoms with Crippen molar-refractivity contribution < 1.29 is 9.90 Å². The zero-order chi connectivity index (χ0) is 16.5. The van der Waals surface area contributed by atoms with Crippen molar-refractivity contribution in [2.75, 3.05) is 13.2 Å². The number of hydrogen-bond donors (Lipinski definition) is 3. The summed E-state index contributed by atoms with van der Waals surface area (Å²) in [7, 11) is 0. The minimum Gasteiger partial charge on any atom is -0.394 e. The van der Waals surface area contributed by atoms with Gasteiger partial charge in [0.15, 0.2) is 0 Å². The van der Waals surface area contributed by atoms with Gasteiger partial charge in [0.05, 0.1) is 12.6 Å².